The molecule has 2 N–H and O–H groups in total. The third-order valence-electron chi connectivity index (χ3n) is 3.58. The predicted octanol–water partition coefficient (Wildman–Crippen LogP) is 2.71. The van der Waals surface area contributed by atoms with E-state index in [1.165, 1.54) is 26.0 Å². The third-order valence-corrected chi connectivity index (χ3v) is 3.58. The molecule has 0 atom stereocenters. The van der Waals surface area contributed by atoms with E-state index in [0.717, 1.165) is 6.07 Å². The number of ether oxygens (including phenoxy) is 1. The highest BCUT2D eigenvalue weighted by molar-refractivity contribution is 5.99. The van der Waals surface area contributed by atoms with Crippen molar-refractivity contribution in [2.24, 2.45) is 0 Å². The van der Waals surface area contributed by atoms with Crippen LogP contribution in [0.1, 0.15) is 29.8 Å². The average molecular weight is 386 g/mol. The average Bonchev–Trinajstić information content (AvgIpc) is 2.60. The second-order valence-electron chi connectivity index (χ2n) is 6.01. The minimum atomic E-state index is -0.819. The number of halogens is 1. The predicted molar refractivity (Wildman–Crippen MR) is 100 cm³/mol. The van der Waals surface area contributed by atoms with E-state index < -0.39 is 24.2 Å². The molecule has 146 valence electrons. The summed E-state index contributed by atoms with van der Waals surface area (Å²) in [4.78, 5) is 45.9. The number of carbonyl (C=O) groups is 4. The Labute approximate surface area is 160 Å². The Kier molecular flexibility index (Phi) is 6.97. The largest absolute Gasteiger partial charge is 0.457 e. The summed E-state index contributed by atoms with van der Waals surface area (Å²) in [6.45, 7) is 2.07. The lowest BCUT2D eigenvalue weighted by Gasteiger charge is -2.08. The van der Waals surface area contributed by atoms with E-state index in [1.54, 1.807) is 24.3 Å². The maximum absolute atomic E-state index is 14.0. The van der Waals surface area contributed by atoms with Gasteiger partial charge in [-0.2, -0.15) is 0 Å². The van der Waals surface area contributed by atoms with Crippen LogP contribution in [0.2, 0.25) is 0 Å². The van der Waals surface area contributed by atoms with E-state index in [2.05, 4.69) is 10.6 Å². The topological polar surface area (TPSA) is 102 Å². The molecule has 0 spiro atoms. The number of rotatable bonds is 7. The van der Waals surface area contributed by atoms with E-state index in [4.69, 9.17) is 4.74 Å². The van der Waals surface area contributed by atoms with Crippen molar-refractivity contribution in [2.75, 3.05) is 17.2 Å². The van der Waals surface area contributed by atoms with E-state index in [0.29, 0.717) is 11.3 Å². The molecule has 0 heterocycles. The first-order chi connectivity index (χ1) is 13.2. The quantitative estimate of drug-likeness (QED) is 0.563. The molecule has 8 heteroatoms. The van der Waals surface area contributed by atoms with Gasteiger partial charge >= 0.3 is 5.97 Å². The third kappa shape index (κ3) is 6.31. The summed E-state index contributed by atoms with van der Waals surface area (Å²) in [6, 6.07) is 10.2. The zero-order valence-electron chi connectivity index (χ0n) is 15.4. The SMILES string of the molecule is CC(=O)Nc1ccc(CC(=O)OCC(=O)c2ccc(NC(C)=O)cc2F)cc1. The van der Waals surface area contributed by atoms with Gasteiger partial charge in [0.15, 0.2) is 6.61 Å². The maximum atomic E-state index is 14.0. The molecule has 0 aliphatic carbocycles. The van der Waals surface area contributed by atoms with Gasteiger partial charge in [-0.25, -0.2) is 4.39 Å². The molecule has 0 aliphatic heterocycles. The van der Waals surface area contributed by atoms with Crippen molar-refractivity contribution in [2.45, 2.75) is 20.3 Å². The second-order valence-corrected chi connectivity index (χ2v) is 6.01. The van der Waals surface area contributed by atoms with Crippen molar-refractivity contribution in [3.05, 3.63) is 59.4 Å². The minimum Gasteiger partial charge on any atom is -0.457 e. The molecule has 2 rings (SSSR count). The minimum absolute atomic E-state index is 0.0718. The van der Waals surface area contributed by atoms with Gasteiger partial charge in [-0.3, -0.25) is 19.2 Å². The zero-order chi connectivity index (χ0) is 20.7. The summed E-state index contributed by atoms with van der Waals surface area (Å²) in [6.07, 6.45) is -0.0718. The van der Waals surface area contributed by atoms with Gasteiger partial charge in [0, 0.05) is 25.2 Å². The molecular formula is C20H19FN2O5. The second kappa shape index (κ2) is 9.40. The van der Waals surface area contributed by atoms with Crippen molar-refractivity contribution < 1.29 is 28.3 Å². The molecule has 2 aromatic carbocycles. The molecule has 0 saturated heterocycles. The van der Waals surface area contributed by atoms with Crippen LogP contribution in [0.4, 0.5) is 15.8 Å². The van der Waals surface area contributed by atoms with Crippen molar-refractivity contribution >= 4 is 34.9 Å². The van der Waals surface area contributed by atoms with Gasteiger partial charge in [0.05, 0.1) is 12.0 Å². The van der Waals surface area contributed by atoms with Crippen LogP contribution in [0.3, 0.4) is 0 Å². The van der Waals surface area contributed by atoms with Gasteiger partial charge in [-0.1, -0.05) is 12.1 Å². The Morgan fingerprint density at radius 3 is 2.04 bits per heavy atom. The number of Topliss-reactive ketones (excluding diaryl/α,β-unsaturated/α-hetero) is 1. The number of hydrogen-bond donors (Lipinski definition) is 2. The molecule has 0 saturated carbocycles. The number of esters is 1. The van der Waals surface area contributed by atoms with Crippen molar-refractivity contribution in [1.82, 2.24) is 0 Å². The van der Waals surface area contributed by atoms with Gasteiger partial charge in [0.25, 0.3) is 0 Å². The molecule has 2 amide bonds. The fourth-order valence-electron chi connectivity index (χ4n) is 2.37. The van der Waals surface area contributed by atoms with Crippen LogP contribution < -0.4 is 10.6 Å². The monoisotopic (exact) mass is 386 g/mol. The Balaban J connectivity index is 1.89. The molecule has 0 unspecified atom stereocenters. The van der Waals surface area contributed by atoms with Crippen LogP contribution in [-0.2, 0) is 25.5 Å². The van der Waals surface area contributed by atoms with Crippen LogP contribution in [0, 0.1) is 5.82 Å². The molecule has 7 nitrogen and oxygen atoms in total. The molecule has 0 radical (unpaired) electrons. The number of hydrogen-bond acceptors (Lipinski definition) is 5. The van der Waals surface area contributed by atoms with Crippen LogP contribution in [0.5, 0.6) is 0 Å². The normalized spacial score (nSPS) is 10.1. The standard InChI is InChI=1S/C20H19FN2O5/c1-12(24)22-15-5-3-14(4-6-15)9-20(27)28-11-19(26)17-8-7-16(10-18(17)21)23-13(2)25/h3-8,10H,9,11H2,1-2H3,(H,22,24)(H,23,25). The molecule has 2 aromatic rings. The Morgan fingerprint density at radius 1 is 0.893 bits per heavy atom. The van der Waals surface area contributed by atoms with Gasteiger partial charge in [-0.05, 0) is 35.9 Å². The fourth-order valence-corrected chi connectivity index (χ4v) is 2.37. The first-order valence-corrected chi connectivity index (χ1v) is 8.37. The maximum Gasteiger partial charge on any atom is 0.310 e. The number of ketones is 1. The first kappa shape index (κ1) is 20.8. The molecule has 0 fully saturated rings. The van der Waals surface area contributed by atoms with E-state index in [1.807, 2.05) is 0 Å². The lowest BCUT2D eigenvalue weighted by atomic mass is 10.1. The Morgan fingerprint density at radius 2 is 1.46 bits per heavy atom. The highest BCUT2D eigenvalue weighted by Crippen LogP contribution is 2.16. The highest BCUT2D eigenvalue weighted by Gasteiger charge is 2.15. The lowest BCUT2D eigenvalue weighted by molar-refractivity contribution is -0.141. The van der Waals surface area contributed by atoms with Crippen LogP contribution in [0.15, 0.2) is 42.5 Å². The molecular weight excluding hydrogens is 367 g/mol. The number of anilines is 2. The Hall–Kier alpha value is -3.55. The van der Waals surface area contributed by atoms with E-state index >= 15 is 0 Å². The summed E-state index contributed by atoms with van der Waals surface area (Å²) in [5.74, 6) is -2.72. The number of benzene rings is 2. The number of nitrogens with one attached hydrogen (secondary N) is 2. The first-order valence-electron chi connectivity index (χ1n) is 8.37. The lowest BCUT2D eigenvalue weighted by Crippen LogP contribution is -2.17. The number of amides is 2. The van der Waals surface area contributed by atoms with Crippen molar-refractivity contribution in [3.63, 3.8) is 0 Å². The van der Waals surface area contributed by atoms with Gasteiger partial charge in [-0.15, -0.1) is 0 Å². The molecule has 0 bridgehead atoms. The molecule has 28 heavy (non-hydrogen) atoms. The van der Waals surface area contributed by atoms with Gasteiger partial charge in [0.1, 0.15) is 5.82 Å². The van der Waals surface area contributed by atoms with Crippen molar-refractivity contribution in [1.29, 1.82) is 0 Å². The van der Waals surface area contributed by atoms with Crippen LogP contribution >= 0.6 is 0 Å². The van der Waals surface area contributed by atoms with Crippen LogP contribution in [0.25, 0.3) is 0 Å². The molecule has 0 aliphatic rings. The van der Waals surface area contributed by atoms with Gasteiger partial charge < -0.3 is 15.4 Å². The molecule has 0 aromatic heterocycles. The summed E-state index contributed by atoms with van der Waals surface area (Å²) in [5, 5.41) is 5.01. The smallest absolute Gasteiger partial charge is 0.310 e. The summed E-state index contributed by atoms with van der Waals surface area (Å²) in [7, 11) is 0. The summed E-state index contributed by atoms with van der Waals surface area (Å²) in [5.41, 5.74) is 1.22. The highest BCUT2D eigenvalue weighted by atomic mass is 19.1. The summed E-state index contributed by atoms with van der Waals surface area (Å²) < 4.78 is 18.9. The Bertz CT molecular complexity index is 909. The van der Waals surface area contributed by atoms with Gasteiger partial charge in [0.2, 0.25) is 17.6 Å². The fraction of sp³-hybridized carbons (Fsp3) is 0.200. The van der Waals surface area contributed by atoms with Crippen molar-refractivity contribution in [3.8, 4) is 0 Å². The number of carbonyl (C=O) groups excluding carboxylic acids is 4. The van der Waals surface area contributed by atoms with E-state index in [9.17, 15) is 23.6 Å². The van der Waals surface area contributed by atoms with Crippen LogP contribution in [-0.4, -0.2) is 30.2 Å². The zero-order valence-corrected chi connectivity index (χ0v) is 15.4. The van der Waals surface area contributed by atoms with E-state index in [-0.39, 0.29) is 29.5 Å². The summed E-state index contributed by atoms with van der Waals surface area (Å²) >= 11 is 0.